The van der Waals surface area contributed by atoms with Gasteiger partial charge in [-0.3, -0.25) is 9.59 Å². The van der Waals surface area contributed by atoms with E-state index in [1.165, 1.54) is 18.0 Å². The van der Waals surface area contributed by atoms with E-state index in [0.717, 1.165) is 34.5 Å². The lowest BCUT2D eigenvalue weighted by molar-refractivity contribution is -0.114. The molecule has 7 nitrogen and oxygen atoms in total. The molecule has 0 unspecified atom stereocenters. The molecule has 1 aromatic heterocycles. The van der Waals surface area contributed by atoms with Crippen LogP contribution in [0.4, 0.5) is 11.4 Å². The largest absolute Gasteiger partial charge is 0.468 e. The number of thioether (sulfide) groups is 1. The van der Waals surface area contributed by atoms with E-state index in [1.54, 1.807) is 19.1 Å². The van der Waals surface area contributed by atoms with Gasteiger partial charge in [-0.05, 0) is 62.1 Å². The number of nitriles is 1. The highest BCUT2D eigenvalue weighted by atomic mass is 32.2. The maximum atomic E-state index is 13.7. The van der Waals surface area contributed by atoms with Crippen molar-refractivity contribution in [3.8, 4) is 6.07 Å². The van der Waals surface area contributed by atoms with Crippen LogP contribution >= 0.6 is 11.8 Å². The Hall–Kier alpha value is -4.22. The van der Waals surface area contributed by atoms with Crippen molar-refractivity contribution in [2.75, 3.05) is 16.4 Å². The Morgan fingerprint density at radius 2 is 1.79 bits per heavy atom. The molecule has 0 bridgehead atoms. The molecule has 1 aliphatic rings. The van der Waals surface area contributed by atoms with Crippen molar-refractivity contribution in [1.82, 2.24) is 5.32 Å². The second-order valence-corrected chi connectivity index (χ2v) is 10.0. The summed E-state index contributed by atoms with van der Waals surface area (Å²) in [4.78, 5) is 26.4. The Kier molecular flexibility index (Phi) is 8.39. The number of furan rings is 1. The average Bonchev–Trinajstić information content (AvgIpc) is 3.44. The van der Waals surface area contributed by atoms with E-state index in [0.29, 0.717) is 27.6 Å². The van der Waals surface area contributed by atoms with Gasteiger partial charge in [-0.25, -0.2) is 0 Å². The summed E-state index contributed by atoms with van der Waals surface area (Å²) in [5.41, 5.74) is 5.79. The smallest absolute Gasteiger partial charge is 0.254 e. The molecule has 1 atom stereocenters. The Labute approximate surface area is 227 Å². The number of para-hydroxylation sites is 2. The van der Waals surface area contributed by atoms with E-state index in [1.807, 2.05) is 63.2 Å². The molecule has 0 saturated heterocycles. The quantitative estimate of drug-likeness (QED) is 0.324. The van der Waals surface area contributed by atoms with Crippen LogP contribution in [-0.4, -0.2) is 17.6 Å². The average molecular weight is 527 g/mol. The molecule has 194 valence electrons. The summed E-state index contributed by atoms with van der Waals surface area (Å²) in [5.74, 6) is -0.649. The molecule has 0 radical (unpaired) electrons. The van der Waals surface area contributed by atoms with Crippen LogP contribution in [0.25, 0.3) is 0 Å². The molecule has 3 N–H and O–H groups in total. The number of nitrogens with one attached hydrogen (secondary N) is 3. The van der Waals surface area contributed by atoms with Gasteiger partial charge in [0.2, 0.25) is 5.91 Å². The Morgan fingerprint density at radius 1 is 1.03 bits per heavy atom. The van der Waals surface area contributed by atoms with Crippen LogP contribution in [0.5, 0.6) is 0 Å². The Bertz CT molecular complexity index is 1460. The van der Waals surface area contributed by atoms with Gasteiger partial charge in [0.1, 0.15) is 5.76 Å². The molecule has 1 aliphatic heterocycles. The van der Waals surface area contributed by atoms with E-state index in [9.17, 15) is 14.9 Å². The number of hydrogen-bond donors (Lipinski definition) is 3. The first-order valence-corrected chi connectivity index (χ1v) is 13.4. The zero-order valence-corrected chi connectivity index (χ0v) is 22.7. The summed E-state index contributed by atoms with van der Waals surface area (Å²) in [5, 5.41) is 19.9. The lowest BCUT2D eigenvalue weighted by atomic mass is 9.85. The fourth-order valence-corrected chi connectivity index (χ4v) is 5.38. The molecule has 38 heavy (non-hydrogen) atoms. The van der Waals surface area contributed by atoms with Gasteiger partial charge >= 0.3 is 0 Å². The predicted molar refractivity (Wildman–Crippen MR) is 151 cm³/mol. The number of nitrogens with zero attached hydrogens (tertiary/aromatic N) is 1. The van der Waals surface area contributed by atoms with Crippen molar-refractivity contribution in [3.63, 3.8) is 0 Å². The second kappa shape index (κ2) is 11.9. The Morgan fingerprint density at radius 3 is 2.47 bits per heavy atom. The van der Waals surface area contributed by atoms with Gasteiger partial charge < -0.3 is 20.4 Å². The van der Waals surface area contributed by atoms with Gasteiger partial charge in [0.25, 0.3) is 5.91 Å². The van der Waals surface area contributed by atoms with Gasteiger partial charge in [-0.15, -0.1) is 0 Å². The predicted octanol–water partition coefficient (Wildman–Crippen LogP) is 6.17. The van der Waals surface area contributed by atoms with Crippen molar-refractivity contribution in [1.29, 1.82) is 5.26 Å². The zero-order chi connectivity index (χ0) is 27.2. The number of aryl methyl sites for hydroxylation is 3. The lowest BCUT2D eigenvalue weighted by Crippen LogP contribution is -2.31. The SMILES string of the molecule is CCc1cccc(C)c1NC(=O)C1=C(C)NC(SCC(=O)Nc2ccccc2C)=C(C#N)[C@@H]1c1ccco1. The summed E-state index contributed by atoms with van der Waals surface area (Å²) in [6, 6.07) is 19.2. The molecule has 0 spiro atoms. The van der Waals surface area contributed by atoms with E-state index >= 15 is 0 Å². The molecule has 3 aromatic rings. The second-order valence-electron chi connectivity index (χ2n) is 9.04. The van der Waals surface area contributed by atoms with Crippen molar-refractivity contribution in [2.45, 2.75) is 40.0 Å². The van der Waals surface area contributed by atoms with Crippen LogP contribution < -0.4 is 16.0 Å². The molecular weight excluding hydrogens is 496 g/mol. The van der Waals surface area contributed by atoms with Gasteiger partial charge in [-0.2, -0.15) is 5.26 Å². The normalized spacial score (nSPS) is 15.1. The van der Waals surface area contributed by atoms with Crippen LogP contribution in [-0.2, 0) is 16.0 Å². The molecule has 0 saturated carbocycles. The Balaban J connectivity index is 1.62. The standard InChI is InChI=1S/C30H30N4O3S/c1-5-21-12-8-11-19(3)28(21)34-29(36)26-20(4)32-30(22(16-31)27(26)24-14-9-15-37-24)38-17-25(35)33-23-13-7-6-10-18(23)2/h6-15,27,32H,5,17H2,1-4H3,(H,33,35)(H,34,36)/t27-/m1/s1. The summed E-state index contributed by atoms with van der Waals surface area (Å²) >= 11 is 1.22. The van der Waals surface area contributed by atoms with Crippen molar-refractivity contribution >= 4 is 35.0 Å². The fourth-order valence-electron chi connectivity index (χ4n) is 4.49. The number of carbonyl (C=O) groups is 2. The molecule has 2 amide bonds. The number of rotatable bonds is 8. The summed E-state index contributed by atoms with van der Waals surface area (Å²) in [6.07, 6.45) is 2.29. The first-order valence-electron chi connectivity index (χ1n) is 12.4. The van der Waals surface area contributed by atoms with Crippen LogP contribution in [0.2, 0.25) is 0 Å². The highest BCUT2D eigenvalue weighted by Crippen LogP contribution is 2.41. The van der Waals surface area contributed by atoms with E-state index in [-0.39, 0.29) is 17.6 Å². The fraction of sp³-hybridized carbons (Fsp3) is 0.233. The van der Waals surface area contributed by atoms with Crippen LogP contribution in [0.1, 0.15) is 42.2 Å². The maximum absolute atomic E-state index is 13.7. The third kappa shape index (κ3) is 5.68. The van der Waals surface area contributed by atoms with Crippen LogP contribution in [0, 0.1) is 25.2 Å². The van der Waals surface area contributed by atoms with E-state index < -0.39 is 5.92 Å². The van der Waals surface area contributed by atoms with Crippen molar-refractivity contribution in [3.05, 3.63) is 105 Å². The monoisotopic (exact) mass is 526 g/mol. The number of benzene rings is 2. The molecule has 2 heterocycles. The summed E-state index contributed by atoms with van der Waals surface area (Å²) in [6.45, 7) is 7.72. The van der Waals surface area contributed by atoms with Gasteiger partial charge in [0, 0.05) is 17.1 Å². The minimum absolute atomic E-state index is 0.0879. The highest BCUT2D eigenvalue weighted by Gasteiger charge is 2.36. The maximum Gasteiger partial charge on any atom is 0.254 e. The zero-order valence-electron chi connectivity index (χ0n) is 21.8. The third-order valence-corrected chi connectivity index (χ3v) is 7.48. The van der Waals surface area contributed by atoms with E-state index in [2.05, 4.69) is 22.0 Å². The third-order valence-electron chi connectivity index (χ3n) is 6.47. The first-order chi connectivity index (χ1) is 18.3. The molecule has 8 heteroatoms. The van der Waals surface area contributed by atoms with Crippen LogP contribution in [0.15, 0.2) is 87.1 Å². The van der Waals surface area contributed by atoms with Gasteiger partial charge in [-0.1, -0.05) is 55.1 Å². The molecule has 4 rings (SSSR count). The summed E-state index contributed by atoms with van der Waals surface area (Å²) < 4.78 is 5.70. The van der Waals surface area contributed by atoms with Gasteiger partial charge in [0.05, 0.1) is 40.2 Å². The van der Waals surface area contributed by atoms with Gasteiger partial charge in [0.15, 0.2) is 0 Å². The molecule has 0 aliphatic carbocycles. The molecular formula is C30H30N4O3S. The van der Waals surface area contributed by atoms with Crippen LogP contribution in [0.3, 0.4) is 0 Å². The molecule has 2 aromatic carbocycles. The highest BCUT2D eigenvalue weighted by molar-refractivity contribution is 8.03. The first kappa shape index (κ1) is 26.8. The topological polar surface area (TPSA) is 107 Å². The number of allylic oxidation sites excluding steroid dienone is 2. The lowest BCUT2D eigenvalue weighted by Gasteiger charge is -2.28. The number of dihydropyridines is 1. The van der Waals surface area contributed by atoms with E-state index in [4.69, 9.17) is 4.42 Å². The minimum atomic E-state index is -0.715. The number of anilines is 2. The minimum Gasteiger partial charge on any atom is -0.468 e. The molecule has 0 fully saturated rings. The number of carbonyl (C=O) groups excluding carboxylic acids is 2. The summed E-state index contributed by atoms with van der Waals surface area (Å²) in [7, 11) is 0. The van der Waals surface area contributed by atoms with Crippen molar-refractivity contribution < 1.29 is 14.0 Å². The number of hydrogen-bond acceptors (Lipinski definition) is 6. The van der Waals surface area contributed by atoms with Crippen molar-refractivity contribution in [2.24, 2.45) is 0 Å². The number of amides is 2.